The number of fused-ring (bicyclic) bond motifs is 1. The number of hydrogen-bond donors (Lipinski definition) is 1. The van der Waals surface area contributed by atoms with E-state index in [1.54, 1.807) is 20.0 Å². The lowest BCUT2D eigenvalue weighted by molar-refractivity contribution is 0.558. The molecule has 1 fully saturated rings. The molecule has 0 saturated heterocycles. The van der Waals surface area contributed by atoms with E-state index < -0.39 is 10.0 Å². The van der Waals surface area contributed by atoms with Gasteiger partial charge in [-0.05, 0) is 44.9 Å². The van der Waals surface area contributed by atoms with Crippen LogP contribution in [-0.2, 0) is 17.1 Å². The first-order valence-corrected chi connectivity index (χ1v) is 10.0. The van der Waals surface area contributed by atoms with Gasteiger partial charge < -0.3 is 0 Å². The Morgan fingerprint density at radius 2 is 2.00 bits per heavy atom. The first-order chi connectivity index (χ1) is 11.7. The van der Waals surface area contributed by atoms with Crippen LogP contribution >= 0.6 is 11.5 Å². The van der Waals surface area contributed by atoms with Gasteiger partial charge in [-0.3, -0.25) is 4.57 Å². The fourth-order valence-electron chi connectivity index (χ4n) is 2.72. The van der Waals surface area contributed by atoms with Crippen LogP contribution in [0.5, 0.6) is 0 Å². The smallest absolute Gasteiger partial charge is 0.295 e. The topological polar surface area (TPSA) is 98.9 Å². The molecule has 0 aliphatic heterocycles. The molecule has 2 aromatic heterocycles. The van der Waals surface area contributed by atoms with Crippen LogP contribution in [0.4, 0.5) is 0 Å². The molecule has 0 radical (unpaired) electrons. The van der Waals surface area contributed by atoms with Crippen LogP contribution in [0.25, 0.3) is 16.2 Å². The minimum Gasteiger partial charge on any atom is -0.295 e. The summed E-state index contributed by atoms with van der Waals surface area (Å²) in [5, 5.41) is 0.421. The van der Waals surface area contributed by atoms with Crippen molar-refractivity contribution in [1.82, 2.24) is 23.2 Å². The van der Waals surface area contributed by atoms with Gasteiger partial charge in [0.1, 0.15) is 5.82 Å². The van der Waals surface area contributed by atoms with Crippen LogP contribution in [-0.4, -0.2) is 32.4 Å². The van der Waals surface area contributed by atoms with Crippen molar-refractivity contribution < 1.29 is 8.42 Å². The van der Waals surface area contributed by atoms with Gasteiger partial charge in [0.15, 0.2) is 0 Å². The van der Waals surface area contributed by atoms with E-state index >= 15 is 0 Å². The molecule has 25 heavy (non-hydrogen) atoms. The molecule has 2 heterocycles. The standard InChI is InChI=1S/C15H17N5O3S2/c1-9-16-13(24-17-9)20-12-8-10(4-5-11(12)19(3)14(20)21)25(22,23)18-15(2)6-7-15/h4-5,8,18H,6-7H2,1-3H3. The van der Waals surface area contributed by atoms with Crippen molar-refractivity contribution in [3.05, 3.63) is 34.5 Å². The number of aryl methyl sites for hydroxylation is 2. The molecule has 8 nitrogen and oxygen atoms in total. The highest BCUT2D eigenvalue weighted by Crippen LogP contribution is 2.36. The van der Waals surface area contributed by atoms with Gasteiger partial charge in [-0.15, -0.1) is 0 Å². The second-order valence-corrected chi connectivity index (χ2v) is 9.03. The molecule has 0 unspecified atom stereocenters. The summed E-state index contributed by atoms with van der Waals surface area (Å²) in [5.74, 6) is 0.566. The Bertz CT molecular complexity index is 1150. The second kappa shape index (κ2) is 5.23. The van der Waals surface area contributed by atoms with Crippen molar-refractivity contribution >= 4 is 32.6 Å². The molecule has 10 heteroatoms. The summed E-state index contributed by atoms with van der Waals surface area (Å²) in [6.07, 6.45) is 1.66. The average Bonchev–Trinajstić information content (AvgIpc) is 3.00. The number of nitrogens with one attached hydrogen (secondary N) is 1. The Labute approximate surface area is 148 Å². The maximum Gasteiger partial charge on any atom is 0.335 e. The van der Waals surface area contributed by atoms with Gasteiger partial charge in [-0.25, -0.2) is 27.5 Å². The monoisotopic (exact) mass is 379 g/mol. The van der Waals surface area contributed by atoms with Crippen LogP contribution in [0, 0.1) is 6.92 Å². The third-order valence-corrected chi connectivity index (χ3v) is 6.86. The SMILES string of the molecule is Cc1nsc(-n2c(=O)n(C)c3ccc(S(=O)(=O)NC4(C)CC4)cc32)n1. The molecule has 0 amide bonds. The average molecular weight is 379 g/mol. The number of nitrogens with zero attached hydrogens (tertiary/aromatic N) is 4. The normalized spacial score (nSPS) is 16.4. The van der Waals surface area contributed by atoms with Gasteiger partial charge in [0.05, 0.1) is 15.9 Å². The lowest BCUT2D eigenvalue weighted by Gasteiger charge is -2.12. The Kier molecular flexibility index (Phi) is 3.44. The second-order valence-electron chi connectivity index (χ2n) is 6.62. The summed E-state index contributed by atoms with van der Waals surface area (Å²) in [6, 6.07) is 4.68. The largest absolute Gasteiger partial charge is 0.335 e. The van der Waals surface area contributed by atoms with E-state index in [0.717, 1.165) is 24.4 Å². The van der Waals surface area contributed by atoms with E-state index in [4.69, 9.17) is 0 Å². The minimum atomic E-state index is -3.65. The predicted octanol–water partition coefficient (Wildman–Crippen LogP) is 1.32. The Hall–Kier alpha value is -2.04. The fourth-order valence-corrected chi connectivity index (χ4v) is 4.89. The quantitative estimate of drug-likeness (QED) is 0.737. The Morgan fingerprint density at radius 3 is 2.60 bits per heavy atom. The molecular weight excluding hydrogens is 362 g/mol. The first kappa shape index (κ1) is 16.4. The van der Waals surface area contributed by atoms with Crippen molar-refractivity contribution in [3.8, 4) is 5.13 Å². The van der Waals surface area contributed by atoms with E-state index in [1.807, 2.05) is 6.92 Å². The summed E-state index contributed by atoms with van der Waals surface area (Å²) in [5.41, 5.74) is 0.477. The zero-order valence-electron chi connectivity index (χ0n) is 14.0. The Balaban J connectivity index is 1.92. The van der Waals surface area contributed by atoms with Crippen molar-refractivity contribution in [2.24, 2.45) is 7.05 Å². The molecule has 0 spiro atoms. The molecule has 1 aliphatic rings. The van der Waals surface area contributed by atoms with Gasteiger partial charge in [-0.2, -0.15) is 4.37 Å². The molecule has 1 saturated carbocycles. The van der Waals surface area contributed by atoms with E-state index in [0.29, 0.717) is 22.0 Å². The number of sulfonamides is 1. The highest BCUT2D eigenvalue weighted by Gasteiger charge is 2.41. The Morgan fingerprint density at radius 1 is 1.28 bits per heavy atom. The summed E-state index contributed by atoms with van der Waals surface area (Å²) in [4.78, 5) is 17.0. The predicted molar refractivity (Wildman–Crippen MR) is 94.7 cm³/mol. The first-order valence-electron chi connectivity index (χ1n) is 7.76. The van der Waals surface area contributed by atoms with Gasteiger partial charge in [-0.1, -0.05) is 0 Å². The number of hydrogen-bond acceptors (Lipinski definition) is 6. The van der Waals surface area contributed by atoms with Gasteiger partial charge in [0, 0.05) is 24.1 Å². The van der Waals surface area contributed by atoms with E-state index in [2.05, 4.69) is 14.1 Å². The summed E-state index contributed by atoms with van der Waals surface area (Å²) >= 11 is 1.10. The summed E-state index contributed by atoms with van der Waals surface area (Å²) in [7, 11) is -2.01. The lowest BCUT2D eigenvalue weighted by Crippen LogP contribution is -2.34. The van der Waals surface area contributed by atoms with Gasteiger partial charge in [0.25, 0.3) is 0 Å². The maximum atomic E-state index is 12.6. The van der Waals surface area contributed by atoms with Crippen molar-refractivity contribution in [2.45, 2.75) is 37.1 Å². The third kappa shape index (κ3) is 2.70. The molecule has 132 valence electrons. The minimum absolute atomic E-state index is 0.133. The summed E-state index contributed by atoms with van der Waals surface area (Å²) in [6.45, 7) is 3.62. The molecular formula is C15H17N5O3S2. The molecule has 1 aromatic carbocycles. The number of imidazole rings is 1. The van der Waals surface area contributed by atoms with Crippen LogP contribution in [0.3, 0.4) is 0 Å². The van der Waals surface area contributed by atoms with Crippen molar-refractivity contribution in [3.63, 3.8) is 0 Å². The van der Waals surface area contributed by atoms with Crippen LogP contribution in [0.2, 0.25) is 0 Å². The van der Waals surface area contributed by atoms with Crippen molar-refractivity contribution in [2.75, 3.05) is 0 Å². The van der Waals surface area contributed by atoms with E-state index in [9.17, 15) is 13.2 Å². The van der Waals surface area contributed by atoms with Crippen LogP contribution in [0.1, 0.15) is 25.6 Å². The molecule has 0 atom stereocenters. The van der Waals surface area contributed by atoms with Crippen LogP contribution in [0.15, 0.2) is 27.9 Å². The highest BCUT2D eigenvalue weighted by molar-refractivity contribution is 7.89. The number of aromatic nitrogens is 4. The zero-order valence-corrected chi connectivity index (χ0v) is 15.6. The highest BCUT2D eigenvalue weighted by atomic mass is 32.2. The number of rotatable bonds is 4. The van der Waals surface area contributed by atoms with Crippen molar-refractivity contribution in [1.29, 1.82) is 0 Å². The fraction of sp³-hybridized carbons (Fsp3) is 0.400. The zero-order chi connectivity index (χ0) is 18.0. The molecule has 4 rings (SSSR count). The molecule has 1 N–H and O–H groups in total. The maximum absolute atomic E-state index is 12.6. The van der Waals surface area contributed by atoms with Gasteiger partial charge >= 0.3 is 5.69 Å². The van der Waals surface area contributed by atoms with Crippen LogP contribution < -0.4 is 10.4 Å². The molecule has 3 aromatic rings. The van der Waals surface area contributed by atoms with E-state index in [-0.39, 0.29) is 16.1 Å². The summed E-state index contributed by atoms with van der Waals surface area (Å²) < 4.78 is 35.0. The van der Waals surface area contributed by atoms with Gasteiger partial charge in [0.2, 0.25) is 15.2 Å². The van der Waals surface area contributed by atoms with E-state index in [1.165, 1.54) is 21.3 Å². The third-order valence-electron chi connectivity index (χ3n) is 4.43. The number of benzene rings is 1. The molecule has 0 bridgehead atoms. The lowest BCUT2D eigenvalue weighted by atomic mass is 10.3. The molecule has 1 aliphatic carbocycles.